The number of aliphatic hydroxyl groups is 1. The molecular weight excluding hydrogens is 718 g/mol. The zero-order valence-electron chi connectivity index (χ0n) is 29.9. The Labute approximate surface area is 301 Å². The third kappa shape index (κ3) is 11.7. The summed E-state index contributed by atoms with van der Waals surface area (Å²) in [5.41, 5.74) is 2.32. The van der Waals surface area contributed by atoms with Crippen molar-refractivity contribution in [2.24, 2.45) is 23.2 Å². The van der Waals surface area contributed by atoms with Gasteiger partial charge >= 0.3 is 19.9 Å². The molecule has 8 nitrogen and oxygen atoms in total. The Morgan fingerprint density at radius 2 is 1.65 bits per heavy atom. The van der Waals surface area contributed by atoms with E-state index in [1.54, 1.807) is 6.07 Å². The molecule has 294 valence electrons. The van der Waals surface area contributed by atoms with Crippen LogP contribution in [-0.2, 0) is 35.8 Å². The highest BCUT2D eigenvalue weighted by Crippen LogP contribution is 2.63. The topological polar surface area (TPSA) is 112 Å². The van der Waals surface area contributed by atoms with Gasteiger partial charge in [0.05, 0.1) is 19.3 Å². The van der Waals surface area contributed by atoms with Crippen molar-refractivity contribution in [1.29, 1.82) is 0 Å². The summed E-state index contributed by atoms with van der Waals surface area (Å²) in [6.45, 7) is 2.41. The van der Waals surface area contributed by atoms with E-state index in [0.29, 0.717) is 42.5 Å². The number of ether oxygens (including phenoxy) is 2. The van der Waals surface area contributed by atoms with Crippen molar-refractivity contribution in [2.75, 3.05) is 38.6 Å². The van der Waals surface area contributed by atoms with Crippen LogP contribution in [0.3, 0.4) is 0 Å². The highest BCUT2D eigenvalue weighted by atomic mass is 32.2. The molecule has 0 aliphatic heterocycles. The van der Waals surface area contributed by atoms with Crippen LogP contribution in [-0.4, -0.2) is 71.0 Å². The molecule has 1 aromatic rings. The molecule has 0 radical (unpaired) electrons. The fourth-order valence-electron chi connectivity index (χ4n) is 8.79. The summed E-state index contributed by atoms with van der Waals surface area (Å²) < 4.78 is 108. The maximum Gasteiger partial charge on any atom is 0.529 e. The molecule has 3 unspecified atom stereocenters. The van der Waals surface area contributed by atoms with Crippen LogP contribution in [0.5, 0.6) is 5.75 Å². The highest BCUT2D eigenvalue weighted by molar-refractivity contribution is 7.84. The Morgan fingerprint density at radius 3 is 2.35 bits per heavy atom. The fraction of sp³-hybridized carbons (Fsp3) is 0.833. The van der Waals surface area contributed by atoms with Gasteiger partial charge in [0.2, 0.25) is 0 Å². The van der Waals surface area contributed by atoms with E-state index >= 15 is 0 Å². The minimum atomic E-state index is -5.57. The van der Waals surface area contributed by atoms with Crippen molar-refractivity contribution in [1.82, 2.24) is 0 Å². The van der Waals surface area contributed by atoms with Crippen molar-refractivity contribution in [3.63, 3.8) is 0 Å². The largest absolute Gasteiger partial charge is 0.529 e. The lowest BCUT2D eigenvalue weighted by atomic mass is 9.52. The average molecular weight is 775 g/mol. The zero-order chi connectivity index (χ0) is 37.3. The van der Waals surface area contributed by atoms with Gasteiger partial charge in [-0.2, -0.15) is 22.0 Å². The highest BCUT2D eigenvalue weighted by Gasteiger charge is 2.57. The molecule has 0 bridgehead atoms. The SMILES string of the molecule is COCCOCOP(=O)(O)Oc1ccc2c(c1)C[C@@H](CCCCCCCCCS(=O)CCCC(F)(F)C(F)(F)F)[C@@H]1C2CC[C@]2(C)[C@@H](O)CC[C@@H]12. The van der Waals surface area contributed by atoms with Gasteiger partial charge in [-0.05, 0) is 104 Å². The summed E-state index contributed by atoms with van der Waals surface area (Å²) >= 11 is 0. The van der Waals surface area contributed by atoms with Crippen LogP contribution in [0.25, 0.3) is 0 Å². The maximum atomic E-state index is 13.0. The van der Waals surface area contributed by atoms with Crippen molar-refractivity contribution in [3.8, 4) is 5.75 Å². The van der Waals surface area contributed by atoms with Gasteiger partial charge in [0.15, 0.2) is 6.79 Å². The van der Waals surface area contributed by atoms with Gasteiger partial charge in [0.1, 0.15) is 5.75 Å². The second-order valence-corrected chi connectivity index (χ2v) is 18.0. The normalized spacial score (nSPS) is 28.1. The lowest BCUT2D eigenvalue weighted by Gasteiger charge is -2.53. The number of halogens is 5. The summed E-state index contributed by atoms with van der Waals surface area (Å²) in [6, 6.07) is 5.64. The smallest absolute Gasteiger partial charge is 0.404 e. The minimum Gasteiger partial charge on any atom is -0.404 e. The fourth-order valence-corrected chi connectivity index (χ4v) is 10.6. The van der Waals surface area contributed by atoms with E-state index in [4.69, 9.17) is 18.5 Å². The molecule has 0 aromatic heterocycles. The summed E-state index contributed by atoms with van der Waals surface area (Å²) in [5.74, 6) is -2.63. The van der Waals surface area contributed by atoms with Gasteiger partial charge in [0.25, 0.3) is 0 Å². The van der Waals surface area contributed by atoms with Crippen LogP contribution in [0.4, 0.5) is 22.0 Å². The van der Waals surface area contributed by atoms with Crippen molar-refractivity contribution < 1.29 is 59.2 Å². The summed E-state index contributed by atoms with van der Waals surface area (Å²) in [7, 11) is -4.27. The molecule has 3 aliphatic rings. The first kappa shape index (κ1) is 42.6. The van der Waals surface area contributed by atoms with Gasteiger partial charge in [-0.15, -0.1) is 0 Å². The minimum absolute atomic E-state index is 0.0794. The number of aliphatic hydroxyl groups excluding tert-OH is 1. The van der Waals surface area contributed by atoms with Gasteiger partial charge in [-0.1, -0.05) is 51.5 Å². The molecule has 4 rings (SSSR count). The molecule has 0 amide bonds. The molecule has 51 heavy (non-hydrogen) atoms. The van der Waals surface area contributed by atoms with E-state index in [1.165, 1.54) is 12.7 Å². The van der Waals surface area contributed by atoms with Gasteiger partial charge in [-0.3, -0.25) is 9.10 Å². The van der Waals surface area contributed by atoms with Gasteiger partial charge in [0, 0.05) is 35.8 Å². The second-order valence-electron chi connectivity index (χ2n) is 14.9. The van der Waals surface area contributed by atoms with E-state index < -0.39 is 50.4 Å². The number of phosphoric acid groups is 1. The molecule has 8 atom stereocenters. The van der Waals surface area contributed by atoms with E-state index in [9.17, 15) is 40.7 Å². The van der Waals surface area contributed by atoms with E-state index in [2.05, 4.69) is 6.92 Å². The molecule has 0 heterocycles. The molecule has 15 heteroatoms. The Hall–Kier alpha value is -1.15. The Morgan fingerprint density at radius 1 is 0.961 bits per heavy atom. The van der Waals surface area contributed by atoms with Gasteiger partial charge in [-0.25, -0.2) is 9.09 Å². The average Bonchev–Trinajstić information content (AvgIpc) is 3.36. The number of methoxy groups -OCH3 is 1. The van der Waals surface area contributed by atoms with Crippen LogP contribution in [0.1, 0.15) is 114 Å². The molecule has 2 fully saturated rings. The predicted molar refractivity (Wildman–Crippen MR) is 185 cm³/mol. The first-order valence-electron chi connectivity index (χ1n) is 18.4. The monoisotopic (exact) mass is 774 g/mol. The number of unbranched alkanes of at least 4 members (excludes halogenated alkanes) is 6. The second kappa shape index (κ2) is 18.9. The van der Waals surface area contributed by atoms with E-state index in [-0.39, 0.29) is 29.6 Å². The molecule has 2 N–H and O–H groups in total. The maximum absolute atomic E-state index is 13.0. The third-order valence-electron chi connectivity index (χ3n) is 11.5. The van der Waals surface area contributed by atoms with Crippen molar-refractivity contribution in [2.45, 2.75) is 127 Å². The van der Waals surface area contributed by atoms with E-state index in [0.717, 1.165) is 82.6 Å². The molecule has 0 spiro atoms. The van der Waals surface area contributed by atoms with Crippen LogP contribution in [0.2, 0.25) is 0 Å². The molecule has 0 saturated heterocycles. The van der Waals surface area contributed by atoms with Gasteiger partial charge < -0.3 is 19.1 Å². The predicted octanol–water partition coefficient (Wildman–Crippen LogP) is 9.09. The zero-order valence-corrected chi connectivity index (χ0v) is 31.6. The Bertz CT molecular complexity index is 1320. The van der Waals surface area contributed by atoms with Crippen molar-refractivity contribution in [3.05, 3.63) is 29.3 Å². The number of benzene rings is 1. The quantitative estimate of drug-likeness (QED) is 0.0520. The van der Waals surface area contributed by atoms with Crippen LogP contribution in [0.15, 0.2) is 18.2 Å². The first-order chi connectivity index (χ1) is 24.1. The Kier molecular flexibility index (Phi) is 15.8. The molecule has 3 aliphatic carbocycles. The number of hydrogen-bond acceptors (Lipinski definition) is 7. The summed E-state index contributed by atoms with van der Waals surface area (Å²) in [4.78, 5) is 10.3. The number of phosphoric ester groups is 1. The first-order valence-corrected chi connectivity index (χ1v) is 21.4. The number of alkyl halides is 5. The lowest BCUT2D eigenvalue weighted by Crippen LogP contribution is -2.47. The lowest BCUT2D eigenvalue weighted by molar-refractivity contribution is -0.284. The van der Waals surface area contributed by atoms with Crippen LogP contribution in [0, 0.1) is 23.2 Å². The number of rotatable bonds is 22. The standard InChI is InChI=1S/C36H56F5O8PS/c1-34-18-16-30-29-13-12-28(49-50(43,44)48-25-47-20-19-46-2)24-27(29)23-26(33(30)31(34)14-15-32(34)42)11-8-6-4-3-5-7-9-21-51(45)22-10-17-35(37,38)36(39,40)41/h12-13,24,26,30-33,42H,3-11,14-23,25H2,1-2H3,(H,43,44)/t26-,30?,31+,32+,33-,34+,51?/m1/s1. The van der Waals surface area contributed by atoms with E-state index in [1.807, 2.05) is 12.1 Å². The summed E-state index contributed by atoms with van der Waals surface area (Å²) in [6.07, 6.45) is 4.71. The molecule has 2 saturated carbocycles. The number of hydrogen-bond donors (Lipinski definition) is 2. The molecular formula is C36H56F5O8PS. The summed E-state index contributed by atoms with van der Waals surface area (Å²) in [5, 5.41) is 11.0. The van der Waals surface area contributed by atoms with Crippen molar-refractivity contribution >= 4 is 18.6 Å². The van der Waals surface area contributed by atoms with Crippen LogP contribution < -0.4 is 4.52 Å². The number of fused-ring (bicyclic) bond motifs is 5. The third-order valence-corrected chi connectivity index (χ3v) is 13.9. The molecule has 1 aromatic carbocycles. The van der Waals surface area contributed by atoms with Crippen LogP contribution >= 0.6 is 7.82 Å². The Balaban J connectivity index is 1.24.